The van der Waals surface area contributed by atoms with Crippen molar-refractivity contribution in [2.24, 2.45) is 5.92 Å². The van der Waals surface area contributed by atoms with Gasteiger partial charge in [-0.25, -0.2) is 0 Å². The largest absolute Gasteiger partial charge is 0.496 e. The predicted octanol–water partition coefficient (Wildman–Crippen LogP) is 3.23. The number of ether oxygens (including phenoxy) is 1. The molecule has 0 spiro atoms. The van der Waals surface area contributed by atoms with Gasteiger partial charge < -0.3 is 10.1 Å². The molecule has 2 aromatic carbocycles. The molecule has 4 atom stereocenters. The van der Waals surface area contributed by atoms with Crippen molar-refractivity contribution in [2.45, 2.75) is 25.0 Å². The summed E-state index contributed by atoms with van der Waals surface area (Å²) in [6.07, 6.45) is 1.31. The Kier molecular flexibility index (Phi) is 4.06. The van der Waals surface area contributed by atoms with E-state index in [1.54, 1.807) is 7.11 Å². The number of hydrogen-bond acceptors (Lipinski definition) is 3. The fourth-order valence-corrected chi connectivity index (χ4v) is 4.27. The van der Waals surface area contributed by atoms with Gasteiger partial charge in [0.2, 0.25) is 0 Å². The molecule has 120 valence electrons. The Morgan fingerprint density at radius 3 is 2.70 bits per heavy atom. The number of nitrogens with zero attached hydrogens (tertiary/aromatic N) is 1. The first-order valence-corrected chi connectivity index (χ1v) is 8.51. The van der Waals surface area contributed by atoms with Gasteiger partial charge in [-0.05, 0) is 30.5 Å². The molecule has 0 saturated carbocycles. The van der Waals surface area contributed by atoms with E-state index < -0.39 is 0 Å². The molecule has 2 aromatic rings. The summed E-state index contributed by atoms with van der Waals surface area (Å²) in [6.45, 7) is 3.32. The van der Waals surface area contributed by atoms with Gasteiger partial charge in [0, 0.05) is 24.7 Å². The van der Waals surface area contributed by atoms with Crippen molar-refractivity contribution in [2.75, 3.05) is 20.2 Å². The van der Waals surface area contributed by atoms with Crippen LogP contribution in [-0.4, -0.2) is 31.1 Å². The lowest BCUT2D eigenvalue weighted by Gasteiger charge is -2.33. The van der Waals surface area contributed by atoms with Crippen molar-refractivity contribution in [1.29, 1.82) is 0 Å². The zero-order valence-corrected chi connectivity index (χ0v) is 13.6. The third kappa shape index (κ3) is 2.75. The maximum Gasteiger partial charge on any atom is 0.123 e. The average Bonchev–Trinajstić information content (AvgIpc) is 3.22. The summed E-state index contributed by atoms with van der Waals surface area (Å²) < 4.78 is 5.48. The molecule has 2 saturated heterocycles. The number of fused-ring (bicyclic) bond motifs is 2. The van der Waals surface area contributed by atoms with Crippen molar-refractivity contribution in [3.05, 3.63) is 65.7 Å². The smallest absolute Gasteiger partial charge is 0.123 e. The SMILES string of the molecule is COc1ccccc1CNC1C2CCN(C2)C1c1ccccc1. The molecule has 2 heterocycles. The molecule has 4 rings (SSSR count). The van der Waals surface area contributed by atoms with Gasteiger partial charge >= 0.3 is 0 Å². The second-order valence-corrected chi connectivity index (χ2v) is 6.62. The van der Waals surface area contributed by atoms with E-state index in [0.29, 0.717) is 12.1 Å². The van der Waals surface area contributed by atoms with E-state index in [1.807, 2.05) is 12.1 Å². The molecule has 2 aliphatic heterocycles. The van der Waals surface area contributed by atoms with Crippen LogP contribution < -0.4 is 10.1 Å². The van der Waals surface area contributed by atoms with E-state index in [0.717, 1.165) is 18.2 Å². The van der Waals surface area contributed by atoms with Crippen LogP contribution in [0, 0.1) is 5.92 Å². The van der Waals surface area contributed by atoms with Gasteiger partial charge in [0.05, 0.1) is 13.2 Å². The van der Waals surface area contributed by atoms with Crippen LogP contribution in [0.5, 0.6) is 5.75 Å². The Morgan fingerprint density at radius 1 is 1.09 bits per heavy atom. The molecule has 1 N–H and O–H groups in total. The third-order valence-electron chi connectivity index (χ3n) is 5.36. The molecular weight excluding hydrogens is 284 g/mol. The summed E-state index contributed by atoms with van der Waals surface area (Å²) in [7, 11) is 1.74. The molecule has 0 aromatic heterocycles. The lowest BCUT2D eigenvalue weighted by atomic mass is 9.89. The Morgan fingerprint density at radius 2 is 1.87 bits per heavy atom. The molecule has 0 radical (unpaired) electrons. The lowest BCUT2D eigenvalue weighted by Crippen LogP contribution is -2.42. The summed E-state index contributed by atoms with van der Waals surface area (Å²) in [6, 6.07) is 20.3. The number of methoxy groups -OCH3 is 1. The van der Waals surface area contributed by atoms with Crippen LogP contribution in [0.3, 0.4) is 0 Å². The summed E-state index contributed by atoms with van der Waals surface area (Å²) in [5.41, 5.74) is 2.67. The highest BCUT2D eigenvalue weighted by atomic mass is 16.5. The van der Waals surface area contributed by atoms with Crippen LogP contribution in [0.25, 0.3) is 0 Å². The molecule has 0 amide bonds. The van der Waals surface area contributed by atoms with Crippen LogP contribution in [0.1, 0.15) is 23.6 Å². The minimum atomic E-state index is 0.504. The number of para-hydroxylation sites is 1. The Balaban J connectivity index is 1.53. The highest BCUT2D eigenvalue weighted by Gasteiger charge is 2.46. The van der Waals surface area contributed by atoms with Crippen LogP contribution in [0.4, 0.5) is 0 Å². The Hall–Kier alpha value is -1.84. The van der Waals surface area contributed by atoms with Gasteiger partial charge in [-0.2, -0.15) is 0 Å². The Bertz CT molecular complexity index is 658. The fourth-order valence-electron chi connectivity index (χ4n) is 4.27. The zero-order chi connectivity index (χ0) is 15.6. The lowest BCUT2D eigenvalue weighted by molar-refractivity contribution is 0.217. The maximum atomic E-state index is 5.48. The van der Waals surface area contributed by atoms with E-state index in [4.69, 9.17) is 4.74 Å². The minimum absolute atomic E-state index is 0.504. The highest BCUT2D eigenvalue weighted by Crippen LogP contribution is 2.42. The van der Waals surface area contributed by atoms with Crippen molar-refractivity contribution < 1.29 is 4.74 Å². The van der Waals surface area contributed by atoms with Gasteiger partial charge in [0.15, 0.2) is 0 Å². The summed E-state index contributed by atoms with van der Waals surface area (Å²) >= 11 is 0. The van der Waals surface area contributed by atoms with Crippen LogP contribution in [0.15, 0.2) is 54.6 Å². The van der Waals surface area contributed by atoms with Crippen molar-refractivity contribution in [3.8, 4) is 5.75 Å². The molecule has 4 unspecified atom stereocenters. The predicted molar refractivity (Wildman–Crippen MR) is 92.5 cm³/mol. The fraction of sp³-hybridized carbons (Fsp3) is 0.400. The topological polar surface area (TPSA) is 24.5 Å². The molecule has 3 nitrogen and oxygen atoms in total. The molecule has 3 heteroatoms. The Labute approximate surface area is 138 Å². The van der Waals surface area contributed by atoms with Gasteiger partial charge in [0.25, 0.3) is 0 Å². The van der Waals surface area contributed by atoms with Crippen LogP contribution in [-0.2, 0) is 6.54 Å². The average molecular weight is 308 g/mol. The first kappa shape index (κ1) is 14.7. The zero-order valence-electron chi connectivity index (χ0n) is 13.6. The first-order valence-electron chi connectivity index (χ1n) is 8.51. The number of hydrogen-bond donors (Lipinski definition) is 1. The van der Waals surface area contributed by atoms with Crippen LogP contribution >= 0.6 is 0 Å². The van der Waals surface area contributed by atoms with Gasteiger partial charge in [-0.3, -0.25) is 4.90 Å². The van der Waals surface area contributed by atoms with E-state index >= 15 is 0 Å². The quantitative estimate of drug-likeness (QED) is 0.918. The maximum absolute atomic E-state index is 5.48. The molecule has 2 bridgehead atoms. The number of rotatable bonds is 5. The molecule has 2 aliphatic rings. The molecular formula is C20H24N2O. The molecule has 23 heavy (non-hydrogen) atoms. The van der Waals surface area contributed by atoms with E-state index in [9.17, 15) is 0 Å². The summed E-state index contributed by atoms with van der Waals surface area (Å²) in [5.74, 6) is 1.73. The third-order valence-corrected chi connectivity index (χ3v) is 5.36. The first-order chi connectivity index (χ1) is 11.4. The standard InChI is InChI=1S/C20H24N2O/c1-23-18-10-6-5-9-16(18)13-21-19-17-11-12-22(14-17)20(19)15-7-3-2-4-8-15/h2-10,17,19-21H,11-14H2,1H3. The van der Waals surface area contributed by atoms with E-state index in [1.165, 1.54) is 30.6 Å². The van der Waals surface area contributed by atoms with Gasteiger partial charge in [-0.1, -0.05) is 48.5 Å². The van der Waals surface area contributed by atoms with Crippen LogP contribution in [0.2, 0.25) is 0 Å². The van der Waals surface area contributed by atoms with E-state index in [2.05, 4.69) is 52.7 Å². The number of benzene rings is 2. The van der Waals surface area contributed by atoms with Crippen molar-refractivity contribution >= 4 is 0 Å². The van der Waals surface area contributed by atoms with Crippen molar-refractivity contribution in [3.63, 3.8) is 0 Å². The highest BCUT2D eigenvalue weighted by molar-refractivity contribution is 5.33. The molecule has 2 fully saturated rings. The van der Waals surface area contributed by atoms with Gasteiger partial charge in [0.1, 0.15) is 5.75 Å². The summed E-state index contributed by atoms with van der Waals surface area (Å²) in [4.78, 5) is 2.64. The molecule has 0 aliphatic carbocycles. The van der Waals surface area contributed by atoms with Gasteiger partial charge in [-0.15, -0.1) is 0 Å². The summed E-state index contributed by atoms with van der Waals surface area (Å²) in [5, 5.41) is 3.83. The number of nitrogens with one attached hydrogen (secondary N) is 1. The van der Waals surface area contributed by atoms with Crippen molar-refractivity contribution in [1.82, 2.24) is 10.2 Å². The van der Waals surface area contributed by atoms with E-state index in [-0.39, 0.29) is 0 Å². The monoisotopic (exact) mass is 308 g/mol. The second kappa shape index (κ2) is 6.34. The second-order valence-electron chi connectivity index (χ2n) is 6.62. The normalized spacial score (nSPS) is 28.9. The number of piperidine rings is 1. The minimum Gasteiger partial charge on any atom is -0.496 e.